The van der Waals surface area contributed by atoms with Crippen LogP contribution in [0.3, 0.4) is 0 Å². The van der Waals surface area contributed by atoms with Gasteiger partial charge in [-0.2, -0.15) is 0 Å². The molecule has 0 aromatic heterocycles. The average Bonchev–Trinajstić information content (AvgIpc) is 2.75. The Morgan fingerprint density at radius 3 is 2.32 bits per heavy atom. The van der Waals surface area contributed by atoms with Crippen molar-refractivity contribution in [3.8, 4) is 28.0 Å². The molecule has 0 spiro atoms. The lowest BCUT2D eigenvalue weighted by atomic mass is 9.97. The van der Waals surface area contributed by atoms with Crippen LogP contribution in [0.5, 0.6) is 5.75 Å². The van der Waals surface area contributed by atoms with Gasteiger partial charge in [-0.1, -0.05) is 43.3 Å². The summed E-state index contributed by atoms with van der Waals surface area (Å²) in [4.78, 5) is 11.2. The van der Waals surface area contributed by atoms with Gasteiger partial charge in [0.1, 0.15) is 11.6 Å². The summed E-state index contributed by atoms with van der Waals surface area (Å²) in [7, 11) is 0. The third-order valence-corrected chi connectivity index (χ3v) is 4.86. The quantitative estimate of drug-likeness (QED) is 0.357. The van der Waals surface area contributed by atoms with E-state index in [4.69, 9.17) is 0 Å². The summed E-state index contributed by atoms with van der Waals surface area (Å²) in [5, 5.41) is 20.1. The second-order valence-corrected chi connectivity index (χ2v) is 7.34. The first-order valence-electron chi connectivity index (χ1n) is 10.4. The van der Waals surface area contributed by atoms with E-state index in [0.29, 0.717) is 16.7 Å². The summed E-state index contributed by atoms with van der Waals surface area (Å²) >= 11 is 0. The molecule has 0 aliphatic heterocycles. The minimum absolute atomic E-state index is 0.0796. The van der Waals surface area contributed by atoms with Crippen LogP contribution in [-0.2, 0) is 4.79 Å². The lowest BCUT2D eigenvalue weighted by Gasteiger charge is -2.13. The van der Waals surface area contributed by atoms with Crippen molar-refractivity contribution in [1.82, 2.24) is 5.32 Å². The number of nitrogens with one attached hydrogen (secondary N) is 3. The lowest BCUT2D eigenvalue weighted by Crippen LogP contribution is -2.22. The van der Waals surface area contributed by atoms with Gasteiger partial charge in [0, 0.05) is 36.8 Å². The highest BCUT2D eigenvalue weighted by atomic mass is 19.1. The zero-order valence-electron chi connectivity index (χ0n) is 17.8. The SMILES string of the molecule is CCCNCCNc1cccc(-c2cccc(-c3ccc(NC(C)=O)c(F)c3)c2O)c1. The normalized spacial score (nSPS) is 10.7. The number of hydrogen-bond acceptors (Lipinski definition) is 4. The zero-order valence-corrected chi connectivity index (χ0v) is 17.8. The van der Waals surface area contributed by atoms with Crippen LogP contribution in [0.1, 0.15) is 20.3 Å². The van der Waals surface area contributed by atoms with Gasteiger partial charge in [-0.25, -0.2) is 4.39 Å². The number of benzene rings is 3. The number of aromatic hydroxyl groups is 1. The summed E-state index contributed by atoms with van der Waals surface area (Å²) in [6, 6.07) is 17.7. The predicted molar refractivity (Wildman–Crippen MR) is 125 cm³/mol. The van der Waals surface area contributed by atoms with Gasteiger partial charge in [-0.3, -0.25) is 4.79 Å². The van der Waals surface area contributed by atoms with E-state index < -0.39 is 5.82 Å². The maximum atomic E-state index is 14.4. The number of phenols is 1. The van der Waals surface area contributed by atoms with E-state index in [-0.39, 0.29) is 17.3 Å². The standard InChI is InChI=1S/C25H28FN3O2/c1-3-12-27-13-14-28-20-7-4-6-18(15-20)21-8-5-9-22(25(21)31)19-10-11-24(23(26)16-19)29-17(2)30/h4-11,15-16,27-28,31H,3,12-14H2,1-2H3,(H,29,30). The molecule has 3 aromatic rings. The highest BCUT2D eigenvalue weighted by Gasteiger charge is 2.13. The fourth-order valence-corrected chi connectivity index (χ4v) is 3.38. The zero-order chi connectivity index (χ0) is 22.2. The first-order valence-corrected chi connectivity index (χ1v) is 10.4. The molecular formula is C25H28FN3O2. The maximum absolute atomic E-state index is 14.4. The number of para-hydroxylation sites is 1. The summed E-state index contributed by atoms with van der Waals surface area (Å²) in [6.07, 6.45) is 1.10. The molecule has 0 aliphatic carbocycles. The van der Waals surface area contributed by atoms with Crippen LogP contribution in [0.25, 0.3) is 22.3 Å². The van der Waals surface area contributed by atoms with E-state index in [1.807, 2.05) is 36.4 Å². The van der Waals surface area contributed by atoms with E-state index >= 15 is 0 Å². The van der Waals surface area contributed by atoms with E-state index in [1.54, 1.807) is 12.1 Å². The molecule has 6 heteroatoms. The first kappa shape index (κ1) is 22.3. The van der Waals surface area contributed by atoms with Crippen LogP contribution >= 0.6 is 0 Å². The molecule has 0 saturated carbocycles. The van der Waals surface area contributed by atoms with Gasteiger partial charge in [-0.15, -0.1) is 0 Å². The Labute approximate surface area is 182 Å². The van der Waals surface area contributed by atoms with Crippen molar-refractivity contribution in [2.24, 2.45) is 0 Å². The minimum Gasteiger partial charge on any atom is -0.507 e. The molecule has 0 bridgehead atoms. The smallest absolute Gasteiger partial charge is 0.221 e. The molecule has 0 radical (unpaired) electrons. The van der Waals surface area contributed by atoms with Crippen LogP contribution in [0.4, 0.5) is 15.8 Å². The number of phenolic OH excluding ortho intramolecular Hbond substituents is 1. The van der Waals surface area contributed by atoms with Gasteiger partial charge in [0.15, 0.2) is 0 Å². The summed E-state index contributed by atoms with van der Waals surface area (Å²) in [5.41, 5.74) is 3.65. The third-order valence-electron chi connectivity index (χ3n) is 4.86. The van der Waals surface area contributed by atoms with Crippen molar-refractivity contribution in [1.29, 1.82) is 0 Å². The number of carbonyl (C=O) groups is 1. The molecule has 4 N–H and O–H groups in total. The fraction of sp³-hybridized carbons (Fsp3) is 0.240. The number of anilines is 2. The van der Waals surface area contributed by atoms with Crippen LogP contribution in [0, 0.1) is 5.82 Å². The molecule has 3 rings (SSSR count). The number of carbonyl (C=O) groups excluding carboxylic acids is 1. The molecule has 0 atom stereocenters. The van der Waals surface area contributed by atoms with Gasteiger partial charge in [0.05, 0.1) is 5.69 Å². The van der Waals surface area contributed by atoms with Gasteiger partial charge < -0.3 is 21.1 Å². The van der Waals surface area contributed by atoms with Crippen LogP contribution in [-0.4, -0.2) is 30.6 Å². The van der Waals surface area contributed by atoms with Gasteiger partial charge >= 0.3 is 0 Å². The number of hydrogen-bond donors (Lipinski definition) is 4. The lowest BCUT2D eigenvalue weighted by molar-refractivity contribution is -0.114. The molecule has 0 aliphatic rings. The van der Waals surface area contributed by atoms with Crippen molar-refractivity contribution < 1.29 is 14.3 Å². The van der Waals surface area contributed by atoms with Crippen LogP contribution in [0.2, 0.25) is 0 Å². The van der Waals surface area contributed by atoms with Crippen molar-refractivity contribution in [2.75, 3.05) is 30.3 Å². The summed E-state index contributed by atoms with van der Waals surface area (Å²) in [5.74, 6) is -0.817. The Hall–Kier alpha value is -3.38. The molecule has 0 fully saturated rings. The Kier molecular flexibility index (Phi) is 7.62. The molecule has 5 nitrogen and oxygen atoms in total. The molecule has 162 valence electrons. The van der Waals surface area contributed by atoms with Gasteiger partial charge in [0.2, 0.25) is 5.91 Å². The average molecular weight is 422 g/mol. The van der Waals surface area contributed by atoms with Crippen LogP contribution in [0.15, 0.2) is 60.7 Å². The van der Waals surface area contributed by atoms with Gasteiger partial charge in [-0.05, 0) is 48.4 Å². The third kappa shape index (κ3) is 5.83. The van der Waals surface area contributed by atoms with Crippen molar-refractivity contribution in [3.05, 3.63) is 66.5 Å². The van der Waals surface area contributed by atoms with E-state index in [9.17, 15) is 14.3 Å². The van der Waals surface area contributed by atoms with E-state index in [0.717, 1.165) is 37.3 Å². The molecular weight excluding hydrogens is 393 g/mol. The predicted octanol–water partition coefficient (Wildman–Crippen LogP) is 5.24. The fourth-order valence-electron chi connectivity index (χ4n) is 3.38. The highest BCUT2D eigenvalue weighted by molar-refractivity contribution is 5.89. The van der Waals surface area contributed by atoms with Crippen LogP contribution < -0.4 is 16.0 Å². The monoisotopic (exact) mass is 421 g/mol. The molecule has 31 heavy (non-hydrogen) atoms. The Balaban J connectivity index is 1.84. The van der Waals surface area contributed by atoms with E-state index in [1.165, 1.54) is 19.1 Å². The summed E-state index contributed by atoms with van der Waals surface area (Å²) in [6.45, 7) is 6.13. The van der Waals surface area contributed by atoms with E-state index in [2.05, 4.69) is 22.9 Å². The maximum Gasteiger partial charge on any atom is 0.221 e. The second-order valence-electron chi connectivity index (χ2n) is 7.34. The molecule has 1 amide bonds. The van der Waals surface area contributed by atoms with Crippen molar-refractivity contribution in [2.45, 2.75) is 20.3 Å². The molecule has 3 aromatic carbocycles. The van der Waals surface area contributed by atoms with Crippen molar-refractivity contribution in [3.63, 3.8) is 0 Å². The Bertz CT molecular complexity index is 1050. The minimum atomic E-state index is -0.555. The number of halogens is 1. The topological polar surface area (TPSA) is 73.4 Å². The van der Waals surface area contributed by atoms with Crippen molar-refractivity contribution >= 4 is 17.3 Å². The number of rotatable bonds is 9. The molecule has 0 saturated heterocycles. The highest BCUT2D eigenvalue weighted by Crippen LogP contribution is 2.39. The largest absolute Gasteiger partial charge is 0.507 e. The Morgan fingerprint density at radius 1 is 0.935 bits per heavy atom. The second kappa shape index (κ2) is 10.6. The summed E-state index contributed by atoms with van der Waals surface area (Å²) < 4.78 is 14.4. The molecule has 0 unspecified atom stereocenters. The Morgan fingerprint density at radius 2 is 1.65 bits per heavy atom. The molecule has 0 heterocycles. The van der Waals surface area contributed by atoms with Gasteiger partial charge in [0.25, 0.3) is 0 Å². The first-order chi connectivity index (χ1) is 15.0. The number of amides is 1.